The Morgan fingerprint density at radius 2 is 0.540 bits per heavy atom. The van der Waals surface area contributed by atoms with Crippen molar-refractivity contribution in [2.24, 2.45) is 11.8 Å². The van der Waals surface area contributed by atoms with Crippen LogP contribution in [0.15, 0.2) is 48.6 Å². The van der Waals surface area contributed by atoms with Crippen molar-refractivity contribution in [2.45, 2.75) is 394 Å². The van der Waals surface area contributed by atoms with E-state index in [2.05, 4.69) is 90.2 Å². The van der Waals surface area contributed by atoms with Gasteiger partial charge in [-0.3, -0.25) is 37.3 Å². The van der Waals surface area contributed by atoms with E-state index in [0.717, 1.165) is 128 Å². The summed E-state index contributed by atoms with van der Waals surface area (Å²) in [7, 11) is -9.94. The number of phosphoric acid groups is 2. The summed E-state index contributed by atoms with van der Waals surface area (Å²) < 4.78 is 68.5. The molecule has 0 radical (unpaired) electrons. The fourth-order valence-electron chi connectivity index (χ4n) is 11.5. The minimum atomic E-state index is -4.97. The van der Waals surface area contributed by atoms with E-state index in [1.54, 1.807) is 0 Å². The predicted molar refractivity (Wildman–Crippen MR) is 409 cm³/mol. The summed E-state index contributed by atoms with van der Waals surface area (Å²) in [4.78, 5) is 72.9. The van der Waals surface area contributed by atoms with Gasteiger partial charge in [0, 0.05) is 25.7 Å². The Hall–Kier alpha value is -2.98. The minimum absolute atomic E-state index is 0.0815. The van der Waals surface area contributed by atoms with Crippen LogP contribution in [-0.2, 0) is 65.4 Å². The fourth-order valence-corrected chi connectivity index (χ4v) is 13.0. The van der Waals surface area contributed by atoms with Gasteiger partial charge in [-0.15, -0.1) is 0 Å². The lowest BCUT2D eigenvalue weighted by atomic mass is 10.0. The maximum absolute atomic E-state index is 13.1. The Morgan fingerprint density at radius 1 is 0.310 bits per heavy atom. The predicted octanol–water partition coefficient (Wildman–Crippen LogP) is 23.4. The van der Waals surface area contributed by atoms with E-state index < -0.39 is 97.5 Å². The van der Waals surface area contributed by atoms with Gasteiger partial charge in [-0.2, -0.15) is 0 Å². The molecule has 17 nitrogen and oxygen atoms in total. The van der Waals surface area contributed by atoms with Gasteiger partial charge in [-0.25, -0.2) is 9.13 Å². The number of hydrogen-bond acceptors (Lipinski definition) is 15. The fraction of sp³-hybridized carbons (Fsp3) is 0.852. The number of allylic oxidation sites excluding steroid dienone is 8. The van der Waals surface area contributed by atoms with Crippen LogP contribution in [0.3, 0.4) is 0 Å². The maximum Gasteiger partial charge on any atom is 0.472 e. The van der Waals surface area contributed by atoms with E-state index in [9.17, 15) is 43.2 Å². The number of phosphoric ester groups is 2. The molecular weight excluding hydrogens is 1310 g/mol. The van der Waals surface area contributed by atoms with Crippen LogP contribution < -0.4 is 0 Å². The third kappa shape index (κ3) is 73.3. The Bertz CT molecular complexity index is 2110. The summed E-state index contributed by atoms with van der Waals surface area (Å²) in [6.45, 7) is 9.44. The molecule has 0 aliphatic rings. The third-order valence-corrected chi connectivity index (χ3v) is 19.6. The number of carbonyl (C=O) groups excluding carboxylic acids is 4. The van der Waals surface area contributed by atoms with Gasteiger partial charge in [0.1, 0.15) is 19.3 Å². The molecule has 0 spiro atoms. The minimum Gasteiger partial charge on any atom is -0.462 e. The molecule has 0 aromatic rings. The zero-order valence-corrected chi connectivity index (χ0v) is 66.3. The second kappa shape index (κ2) is 71.6. The van der Waals surface area contributed by atoms with Gasteiger partial charge >= 0.3 is 39.5 Å². The Kier molecular flexibility index (Phi) is 69.5. The molecule has 19 heteroatoms. The molecule has 0 amide bonds. The molecule has 0 aliphatic carbocycles. The van der Waals surface area contributed by atoms with Crippen molar-refractivity contribution < 1.29 is 80.2 Å². The molecule has 0 aromatic heterocycles. The lowest BCUT2D eigenvalue weighted by molar-refractivity contribution is -0.161. The highest BCUT2D eigenvalue weighted by atomic mass is 31.2. The van der Waals surface area contributed by atoms with Crippen LogP contribution in [0.4, 0.5) is 0 Å². The molecule has 0 saturated heterocycles. The van der Waals surface area contributed by atoms with E-state index in [-0.39, 0.29) is 25.7 Å². The van der Waals surface area contributed by atoms with Crippen molar-refractivity contribution in [2.75, 3.05) is 39.6 Å². The van der Waals surface area contributed by atoms with Crippen molar-refractivity contribution in [1.29, 1.82) is 0 Å². The van der Waals surface area contributed by atoms with E-state index in [1.165, 1.54) is 161 Å². The Labute approximate surface area is 610 Å². The lowest BCUT2D eigenvalue weighted by Crippen LogP contribution is -2.30. The van der Waals surface area contributed by atoms with Crippen LogP contribution in [0.25, 0.3) is 0 Å². The molecule has 100 heavy (non-hydrogen) atoms. The zero-order valence-electron chi connectivity index (χ0n) is 64.5. The first-order chi connectivity index (χ1) is 48.4. The van der Waals surface area contributed by atoms with E-state index >= 15 is 0 Å². The Morgan fingerprint density at radius 3 is 0.810 bits per heavy atom. The average Bonchev–Trinajstić information content (AvgIpc) is 0.931. The van der Waals surface area contributed by atoms with Gasteiger partial charge in [0.05, 0.1) is 26.4 Å². The first-order valence-corrected chi connectivity index (χ1v) is 43.6. The molecule has 586 valence electrons. The molecule has 0 rings (SSSR count). The van der Waals surface area contributed by atoms with Crippen LogP contribution >= 0.6 is 15.6 Å². The van der Waals surface area contributed by atoms with Crippen molar-refractivity contribution in [3.8, 4) is 0 Å². The van der Waals surface area contributed by atoms with Crippen LogP contribution in [-0.4, -0.2) is 96.7 Å². The van der Waals surface area contributed by atoms with Crippen LogP contribution in [0.2, 0.25) is 0 Å². The summed E-state index contributed by atoms with van der Waals surface area (Å²) in [6, 6.07) is 0. The van der Waals surface area contributed by atoms with E-state index in [4.69, 9.17) is 37.0 Å². The monoisotopic (exact) mass is 1460 g/mol. The zero-order chi connectivity index (χ0) is 73.5. The summed E-state index contributed by atoms with van der Waals surface area (Å²) in [5.41, 5.74) is 0. The van der Waals surface area contributed by atoms with Gasteiger partial charge < -0.3 is 33.8 Å². The second-order valence-corrected chi connectivity index (χ2v) is 31.6. The molecule has 0 aliphatic heterocycles. The highest BCUT2D eigenvalue weighted by Crippen LogP contribution is 2.45. The molecule has 5 atom stereocenters. The van der Waals surface area contributed by atoms with Crippen LogP contribution in [0.1, 0.15) is 375 Å². The molecule has 0 saturated carbocycles. The average molecular weight is 1460 g/mol. The highest BCUT2D eigenvalue weighted by Gasteiger charge is 2.30. The summed E-state index contributed by atoms with van der Waals surface area (Å²) >= 11 is 0. The smallest absolute Gasteiger partial charge is 0.462 e. The number of esters is 4. The summed E-state index contributed by atoms with van der Waals surface area (Å²) in [5.74, 6) is -0.679. The number of unbranched alkanes of at least 4 members (excludes halogenated alkanes) is 40. The third-order valence-electron chi connectivity index (χ3n) is 17.7. The summed E-state index contributed by atoms with van der Waals surface area (Å²) in [5, 5.41) is 10.6. The SMILES string of the molecule is CCCCCC/C=C\C=C/CCCCCCCC(=O)O[C@H](COC(=O)CCCCCCCCCCCCCCCCCCCCC(C)C)COP(=O)(O)OC[C@@H](O)COP(=O)(O)OC[C@@H](COC(=O)CCCCCCCCC(C)C)OC(=O)CCCCCCC/C=C\C=C/CCCCCC. The van der Waals surface area contributed by atoms with Crippen molar-refractivity contribution >= 4 is 39.5 Å². The number of rotatable bonds is 76. The number of ether oxygens (including phenoxy) is 4. The van der Waals surface area contributed by atoms with Crippen LogP contribution in [0.5, 0.6) is 0 Å². The van der Waals surface area contributed by atoms with Gasteiger partial charge in [0.15, 0.2) is 12.2 Å². The number of aliphatic hydroxyl groups is 1. The second-order valence-electron chi connectivity index (χ2n) is 28.7. The normalized spacial score (nSPS) is 14.2. The van der Waals surface area contributed by atoms with Crippen molar-refractivity contribution in [3.63, 3.8) is 0 Å². The highest BCUT2D eigenvalue weighted by molar-refractivity contribution is 7.47. The van der Waals surface area contributed by atoms with Crippen molar-refractivity contribution in [1.82, 2.24) is 0 Å². The quantitative estimate of drug-likeness (QED) is 0.0169. The number of hydrogen-bond donors (Lipinski definition) is 3. The molecule has 3 N–H and O–H groups in total. The molecule has 0 aromatic carbocycles. The Balaban J connectivity index is 5.26. The van der Waals surface area contributed by atoms with Gasteiger partial charge in [-0.05, 0) is 88.9 Å². The first kappa shape index (κ1) is 97.0. The summed E-state index contributed by atoms with van der Waals surface area (Å²) in [6.07, 6.45) is 67.1. The number of carbonyl (C=O) groups is 4. The first-order valence-electron chi connectivity index (χ1n) is 40.6. The van der Waals surface area contributed by atoms with Gasteiger partial charge in [0.25, 0.3) is 0 Å². The molecule has 0 fully saturated rings. The topological polar surface area (TPSA) is 237 Å². The molecule has 0 bridgehead atoms. The largest absolute Gasteiger partial charge is 0.472 e. The maximum atomic E-state index is 13.1. The molecule has 2 unspecified atom stereocenters. The van der Waals surface area contributed by atoms with Gasteiger partial charge in [0.2, 0.25) is 0 Å². The standard InChI is InChI=1S/C81H150O17P2/c1-7-9-11-13-15-17-19-21-27-33-37-41-45-53-59-65-80(85)97-76(69-91-78(83)63-57-51-44-40-36-32-30-26-24-23-25-29-31-35-39-43-49-55-61-73(3)4)71-95-99(87,88)93-67-75(82)68-94-100(89,90)96-72-77(70-92-79(84)64-58-52-48-47-50-56-62-74(5)6)98-81(86)66-60-54-46-42-38-34-28-22-20-18-16-14-12-10-8-2/h17-22,27-28,73-77,82H,7-16,23-26,29-72H2,1-6H3,(H,87,88)(H,89,90)/b19-17-,20-18-,27-21-,28-22-/t75-,76-,77-/m1/s1. The van der Waals surface area contributed by atoms with Crippen molar-refractivity contribution in [3.05, 3.63) is 48.6 Å². The van der Waals surface area contributed by atoms with E-state index in [0.29, 0.717) is 31.6 Å². The van der Waals surface area contributed by atoms with Gasteiger partial charge in [-0.1, -0.05) is 321 Å². The van der Waals surface area contributed by atoms with Crippen LogP contribution in [0, 0.1) is 11.8 Å². The molecule has 0 heterocycles. The van der Waals surface area contributed by atoms with E-state index in [1.807, 2.05) is 0 Å². The molecular formula is C81H150O17P2. The lowest BCUT2D eigenvalue weighted by Gasteiger charge is -2.21. The number of aliphatic hydroxyl groups excluding tert-OH is 1.